The van der Waals surface area contributed by atoms with Gasteiger partial charge in [-0.05, 0) is 6.42 Å². The summed E-state index contributed by atoms with van der Waals surface area (Å²) in [5.74, 6) is 0. The molecule has 0 amide bonds. The molecular formula is C6H14N4. The smallest absolute Gasteiger partial charge is 0.0801 e. The fourth-order valence-corrected chi connectivity index (χ4v) is 0.415. The van der Waals surface area contributed by atoms with Crippen LogP contribution >= 0.6 is 0 Å². The van der Waals surface area contributed by atoms with Crippen LogP contribution in [0.15, 0.2) is 22.5 Å². The van der Waals surface area contributed by atoms with Crippen LogP contribution in [0.1, 0.15) is 13.3 Å². The Bertz CT molecular complexity index is 108. The second-order valence-electron chi connectivity index (χ2n) is 1.67. The third-order valence-electron chi connectivity index (χ3n) is 0.822. The summed E-state index contributed by atoms with van der Waals surface area (Å²) in [4.78, 5) is 0. The van der Waals surface area contributed by atoms with Crippen LogP contribution in [-0.4, -0.2) is 13.6 Å². The van der Waals surface area contributed by atoms with Gasteiger partial charge >= 0.3 is 0 Å². The van der Waals surface area contributed by atoms with Crippen molar-refractivity contribution in [2.75, 3.05) is 13.6 Å². The van der Waals surface area contributed by atoms with E-state index < -0.39 is 0 Å². The second kappa shape index (κ2) is 8.10. The van der Waals surface area contributed by atoms with Gasteiger partial charge in [0.15, 0.2) is 0 Å². The number of hydrogen-bond acceptors (Lipinski definition) is 3. The Labute approximate surface area is 61.4 Å². The maximum atomic E-state index is 3.76. The largest absolute Gasteiger partial charge is 0.225 e. The molecule has 0 aliphatic carbocycles. The predicted molar refractivity (Wildman–Crippen MR) is 41.3 cm³/mol. The first-order chi connectivity index (χ1) is 4.91. The molecular weight excluding hydrogens is 128 g/mol. The van der Waals surface area contributed by atoms with Crippen molar-refractivity contribution in [3.8, 4) is 0 Å². The molecule has 0 radical (unpaired) electrons. The molecule has 0 atom stereocenters. The molecule has 4 heteroatoms. The van der Waals surface area contributed by atoms with Crippen molar-refractivity contribution in [2.24, 2.45) is 10.3 Å². The SMILES string of the molecule is CC/C=C/CN=NNNC. The quantitative estimate of drug-likeness (QED) is 0.342. The molecule has 0 unspecified atom stereocenters. The summed E-state index contributed by atoms with van der Waals surface area (Å²) in [5, 5.41) is 7.34. The van der Waals surface area contributed by atoms with Crippen LogP contribution in [0.4, 0.5) is 0 Å². The van der Waals surface area contributed by atoms with E-state index in [-0.39, 0.29) is 0 Å². The van der Waals surface area contributed by atoms with E-state index in [1.54, 1.807) is 7.05 Å². The number of nitrogens with zero attached hydrogens (tertiary/aromatic N) is 2. The average Bonchev–Trinajstić information content (AvgIpc) is 1.97. The Balaban J connectivity index is 3.09. The fourth-order valence-electron chi connectivity index (χ4n) is 0.415. The van der Waals surface area contributed by atoms with Gasteiger partial charge in [-0.1, -0.05) is 24.3 Å². The van der Waals surface area contributed by atoms with Crippen molar-refractivity contribution in [1.82, 2.24) is 11.0 Å². The third kappa shape index (κ3) is 7.10. The number of hydrogen-bond donors (Lipinski definition) is 2. The highest BCUT2D eigenvalue weighted by atomic mass is 15.6. The summed E-state index contributed by atoms with van der Waals surface area (Å²) < 4.78 is 0. The summed E-state index contributed by atoms with van der Waals surface area (Å²) in [6, 6.07) is 0. The second-order valence-corrected chi connectivity index (χ2v) is 1.67. The maximum absolute atomic E-state index is 3.76. The van der Waals surface area contributed by atoms with Gasteiger partial charge in [0.2, 0.25) is 0 Å². The van der Waals surface area contributed by atoms with Crippen LogP contribution in [0.3, 0.4) is 0 Å². The minimum atomic E-state index is 0.641. The van der Waals surface area contributed by atoms with Crippen molar-refractivity contribution in [2.45, 2.75) is 13.3 Å². The Morgan fingerprint density at radius 3 is 2.80 bits per heavy atom. The first kappa shape index (κ1) is 9.10. The highest BCUT2D eigenvalue weighted by Crippen LogP contribution is 1.79. The lowest BCUT2D eigenvalue weighted by Gasteiger charge is -1.89. The molecule has 0 fully saturated rings. The zero-order chi connectivity index (χ0) is 7.66. The Hall–Kier alpha value is -0.900. The van der Waals surface area contributed by atoms with Gasteiger partial charge in [0.05, 0.1) is 6.54 Å². The molecule has 0 aromatic heterocycles. The monoisotopic (exact) mass is 142 g/mol. The first-order valence-corrected chi connectivity index (χ1v) is 3.35. The number of nitrogens with one attached hydrogen (secondary N) is 2. The van der Waals surface area contributed by atoms with E-state index in [0.717, 1.165) is 6.42 Å². The van der Waals surface area contributed by atoms with Crippen molar-refractivity contribution >= 4 is 0 Å². The van der Waals surface area contributed by atoms with Gasteiger partial charge in [0, 0.05) is 7.05 Å². The van der Waals surface area contributed by atoms with Gasteiger partial charge in [-0.3, -0.25) is 0 Å². The normalized spacial score (nSPS) is 11.4. The van der Waals surface area contributed by atoms with Crippen molar-refractivity contribution < 1.29 is 0 Å². The predicted octanol–water partition coefficient (Wildman–Crippen LogP) is 1.04. The lowest BCUT2D eigenvalue weighted by Crippen LogP contribution is -2.20. The number of hydrazine groups is 1. The molecule has 0 aliphatic heterocycles. The molecule has 0 rings (SSSR count). The number of allylic oxidation sites excluding steroid dienone is 1. The van der Waals surface area contributed by atoms with Crippen LogP contribution in [0, 0.1) is 0 Å². The lowest BCUT2D eigenvalue weighted by atomic mass is 10.4. The summed E-state index contributed by atoms with van der Waals surface area (Å²) in [5.41, 5.74) is 5.12. The third-order valence-corrected chi connectivity index (χ3v) is 0.822. The van der Waals surface area contributed by atoms with Crippen molar-refractivity contribution in [3.05, 3.63) is 12.2 Å². The van der Waals surface area contributed by atoms with Gasteiger partial charge in [-0.2, -0.15) is 5.11 Å². The van der Waals surface area contributed by atoms with E-state index in [0.29, 0.717) is 6.54 Å². The highest BCUT2D eigenvalue weighted by molar-refractivity contribution is 4.81. The van der Waals surface area contributed by atoms with E-state index in [1.165, 1.54) is 0 Å². The van der Waals surface area contributed by atoms with Crippen LogP contribution in [0.5, 0.6) is 0 Å². The zero-order valence-corrected chi connectivity index (χ0v) is 6.46. The first-order valence-electron chi connectivity index (χ1n) is 3.35. The van der Waals surface area contributed by atoms with Crippen LogP contribution < -0.4 is 11.0 Å². The maximum Gasteiger partial charge on any atom is 0.0801 e. The molecule has 0 saturated carbocycles. The van der Waals surface area contributed by atoms with E-state index in [1.807, 2.05) is 6.08 Å². The molecule has 0 aromatic rings. The Morgan fingerprint density at radius 2 is 2.20 bits per heavy atom. The molecule has 58 valence electrons. The average molecular weight is 142 g/mol. The van der Waals surface area contributed by atoms with Gasteiger partial charge in [-0.25, -0.2) is 11.0 Å². The Kier molecular flexibility index (Phi) is 7.37. The lowest BCUT2D eigenvalue weighted by molar-refractivity contribution is 0.591. The molecule has 0 aliphatic rings. The van der Waals surface area contributed by atoms with Crippen LogP contribution in [-0.2, 0) is 0 Å². The standard InChI is InChI=1S/C6H14N4/c1-3-4-5-6-8-10-9-7-2/h4-5H,3,6H2,1-2H3,(H,7,10)(H,8,9)/b5-4+. The summed E-state index contributed by atoms with van der Waals surface area (Å²) in [6.45, 7) is 2.72. The minimum Gasteiger partial charge on any atom is -0.225 e. The molecule has 4 nitrogen and oxygen atoms in total. The van der Waals surface area contributed by atoms with Gasteiger partial charge in [-0.15, -0.1) is 0 Å². The van der Waals surface area contributed by atoms with Gasteiger partial charge in [0.1, 0.15) is 0 Å². The minimum absolute atomic E-state index is 0.641. The summed E-state index contributed by atoms with van der Waals surface area (Å²) in [6.07, 6.45) is 5.08. The molecule has 10 heavy (non-hydrogen) atoms. The molecule has 0 saturated heterocycles. The summed E-state index contributed by atoms with van der Waals surface area (Å²) in [7, 11) is 1.74. The van der Waals surface area contributed by atoms with Crippen LogP contribution in [0.2, 0.25) is 0 Å². The van der Waals surface area contributed by atoms with E-state index in [9.17, 15) is 0 Å². The van der Waals surface area contributed by atoms with Crippen molar-refractivity contribution in [3.63, 3.8) is 0 Å². The molecule has 0 aromatic carbocycles. The number of rotatable bonds is 5. The highest BCUT2D eigenvalue weighted by Gasteiger charge is 1.69. The molecule has 2 N–H and O–H groups in total. The van der Waals surface area contributed by atoms with E-state index >= 15 is 0 Å². The topological polar surface area (TPSA) is 48.8 Å². The van der Waals surface area contributed by atoms with Gasteiger partial charge in [0.25, 0.3) is 0 Å². The van der Waals surface area contributed by atoms with Gasteiger partial charge < -0.3 is 0 Å². The van der Waals surface area contributed by atoms with Crippen LogP contribution in [0.25, 0.3) is 0 Å². The van der Waals surface area contributed by atoms with Crippen molar-refractivity contribution in [1.29, 1.82) is 0 Å². The zero-order valence-electron chi connectivity index (χ0n) is 6.46. The van der Waals surface area contributed by atoms with E-state index in [2.05, 4.69) is 34.3 Å². The molecule has 0 spiro atoms. The molecule has 0 bridgehead atoms. The molecule has 0 heterocycles. The van der Waals surface area contributed by atoms with E-state index in [4.69, 9.17) is 0 Å². The summed E-state index contributed by atoms with van der Waals surface area (Å²) >= 11 is 0. The Morgan fingerprint density at radius 1 is 1.40 bits per heavy atom. The fraction of sp³-hybridized carbons (Fsp3) is 0.667.